The Bertz CT molecular complexity index is 1260. The van der Waals surface area contributed by atoms with Crippen LogP contribution in [0.1, 0.15) is 10.4 Å². The standard InChI is InChI=1S/C22H18F2N2O6S/c1-31-17-6-8-18(9-7-17)33(29,30)26-20-5-3-2-4-19(20)22(28)32-13-21(27)25-16-11-14(23)10-15(24)12-16/h2-12,26H,13H2,1H3,(H,25,27). The van der Waals surface area contributed by atoms with Gasteiger partial charge in [-0.25, -0.2) is 22.0 Å². The number of esters is 1. The average Bonchev–Trinajstić information content (AvgIpc) is 2.77. The molecule has 172 valence electrons. The molecule has 3 rings (SSSR count). The zero-order valence-electron chi connectivity index (χ0n) is 17.2. The minimum atomic E-state index is -4.04. The summed E-state index contributed by atoms with van der Waals surface area (Å²) >= 11 is 0. The number of methoxy groups -OCH3 is 1. The SMILES string of the molecule is COc1ccc(S(=O)(=O)Nc2ccccc2C(=O)OCC(=O)Nc2cc(F)cc(F)c2)cc1. The van der Waals surface area contributed by atoms with Crippen LogP contribution in [0, 0.1) is 11.6 Å². The second-order valence-electron chi connectivity index (χ2n) is 6.61. The lowest BCUT2D eigenvalue weighted by Gasteiger charge is -2.13. The van der Waals surface area contributed by atoms with E-state index in [9.17, 15) is 26.8 Å². The van der Waals surface area contributed by atoms with Crippen molar-refractivity contribution in [1.82, 2.24) is 0 Å². The van der Waals surface area contributed by atoms with Crippen molar-refractivity contribution in [1.29, 1.82) is 0 Å². The molecule has 0 saturated carbocycles. The van der Waals surface area contributed by atoms with Crippen molar-refractivity contribution in [3.63, 3.8) is 0 Å². The highest BCUT2D eigenvalue weighted by Gasteiger charge is 2.20. The number of benzene rings is 3. The van der Waals surface area contributed by atoms with Crippen molar-refractivity contribution < 1.29 is 36.3 Å². The summed E-state index contributed by atoms with van der Waals surface area (Å²) in [5, 5.41) is 2.20. The van der Waals surface area contributed by atoms with E-state index in [4.69, 9.17) is 9.47 Å². The summed E-state index contributed by atoms with van der Waals surface area (Å²) in [5.74, 6) is -3.13. The number of amides is 1. The van der Waals surface area contributed by atoms with Gasteiger partial charge in [0.15, 0.2) is 6.61 Å². The van der Waals surface area contributed by atoms with Crippen molar-refractivity contribution in [3.8, 4) is 5.75 Å². The smallest absolute Gasteiger partial charge is 0.340 e. The molecule has 0 heterocycles. The predicted octanol–water partition coefficient (Wildman–Crippen LogP) is 3.57. The molecule has 0 aromatic heterocycles. The Balaban J connectivity index is 1.68. The van der Waals surface area contributed by atoms with E-state index in [0.29, 0.717) is 11.8 Å². The van der Waals surface area contributed by atoms with Crippen molar-refractivity contribution in [2.45, 2.75) is 4.90 Å². The number of nitrogens with one attached hydrogen (secondary N) is 2. The van der Waals surface area contributed by atoms with E-state index in [-0.39, 0.29) is 21.8 Å². The van der Waals surface area contributed by atoms with Crippen LogP contribution in [0.15, 0.2) is 71.6 Å². The van der Waals surface area contributed by atoms with Gasteiger partial charge in [-0.3, -0.25) is 9.52 Å². The number of halogens is 2. The Kier molecular flexibility index (Phi) is 7.23. The molecule has 0 spiro atoms. The molecule has 0 atom stereocenters. The first-order valence-electron chi connectivity index (χ1n) is 9.37. The largest absolute Gasteiger partial charge is 0.497 e. The van der Waals surface area contributed by atoms with Crippen LogP contribution in [-0.4, -0.2) is 34.0 Å². The molecule has 0 aliphatic heterocycles. The molecule has 0 aliphatic carbocycles. The lowest BCUT2D eigenvalue weighted by molar-refractivity contribution is -0.119. The van der Waals surface area contributed by atoms with Crippen LogP contribution >= 0.6 is 0 Å². The number of para-hydroxylation sites is 1. The molecule has 2 N–H and O–H groups in total. The van der Waals surface area contributed by atoms with Crippen LogP contribution in [0.3, 0.4) is 0 Å². The second kappa shape index (κ2) is 10.1. The van der Waals surface area contributed by atoms with Crippen LogP contribution in [0.4, 0.5) is 20.2 Å². The summed E-state index contributed by atoms with van der Waals surface area (Å²) < 4.78 is 64.0. The van der Waals surface area contributed by atoms with E-state index in [1.807, 2.05) is 0 Å². The molecule has 0 saturated heterocycles. The van der Waals surface area contributed by atoms with Gasteiger partial charge in [-0.2, -0.15) is 0 Å². The van der Waals surface area contributed by atoms with E-state index in [1.54, 1.807) is 0 Å². The lowest BCUT2D eigenvalue weighted by Crippen LogP contribution is -2.22. The maximum absolute atomic E-state index is 13.2. The maximum Gasteiger partial charge on any atom is 0.340 e. The summed E-state index contributed by atoms with van der Waals surface area (Å²) in [6, 6.07) is 13.7. The summed E-state index contributed by atoms with van der Waals surface area (Å²) in [6.45, 7) is -0.767. The first-order valence-corrected chi connectivity index (χ1v) is 10.9. The summed E-state index contributed by atoms with van der Waals surface area (Å²) in [5.41, 5.74) is -0.355. The van der Waals surface area contributed by atoms with Gasteiger partial charge in [0.25, 0.3) is 15.9 Å². The van der Waals surface area contributed by atoms with Crippen LogP contribution in [-0.2, 0) is 19.6 Å². The number of carbonyl (C=O) groups is 2. The highest BCUT2D eigenvalue weighted by atomic mass is 32.2. The lowest BCUT2D eigenvalue weighted by atomic mass is 10.2. The molecule has 11 heteroatoms. The van der Waals surface area contributed by atoms with Gasteiger partial charge in [0.1, 0.15) is 17.4 Å². The topological polar surface area (TPSA) is 111 Å². The Labute approximate surface area is 188 Å². The van der Waals surface area contributed by atoms with Crippen LogP contribution in [0.5, 0.6) is 5.75 Å². The first kappa shape index (κ1) is 23.7. The Morgan fingerprint density at radius 2 is 1.58 bits per heavy atom. The number of rotatable bonds is 8. The molecule has 0 fully saturated rings. The van der Waals surface area contributed by atoms with E-state index in [1.165, 1.54) is 55.6 Å². The van der Waals surface area contributed by atoms with Crippen molar-refractivity contribution in [3.05, 3.63) is 83.9 Å². The maximum atomic E-state index is 13.2. The van der Waals surface area contributed by atoms with E-state index in [0.717, 1.165) is 12.1 Å². The number of anilines is 2. The van der Waals surface area contributed by atoms with Crippen LogP contribution in [0.2, 0.25) is 0 Å². The van der Waals surface area contributed by atoms with Crippen molar-refractivity contribution >= 4 is 33.3 Å². The number of ether oxygens (including phenoxy) is 2. The molecule has 8 nitrogen and oxygen atoms in total. The summed E-state index contributed by atoms with van der Waals surface area (Å²) in [4.78, 5) is 24.4. The zero-order valence-corrected chi connectivity index (χ0v) is 18.0. The Morgan fingerprint density at radius 1 is 0.939 bits per heavy atom. The molecule has 33 heavy (non-hydrogen) atoms. The first-order chi connectivity index (χ1) is 15.7. The third-order valence-electron chi connectivity index (χ3n) is 4.24. The molecule has 0 unspecified atom stereocenters. The average molecular weight is 476 g/mol. The molecule has 0 aliphatic rings. The molecule has 0 radical (unpaired) electrons. The zero-order chi connectivity index (χ0) is 24.0. The number of carbonyl (C=O) groups excluding carboxylic acids is 2. The Hall–Kier alpha value is -3.99. The predicted molar refractivity (Wildman–Crippen MR) is 116 cm³/mol. The van der Waals surface area contributed by atoms with Crippen molar-refractivity contribution in [2.24, 2.45) is 0 Å². The van der Waals surface area contributed by atoms with E-state index in [2.05, 4.69) is 10.0 Å². The fourth-order valence-corrected chi connectivity index (χ4v) is 3.82. The van der Waals surface area contributed by atoms with Gasteiger partial charge in [-0.05, 0) is 48.5 Å². The van der Waals surface area contributed by atoms with Crippen molar-refractivity contribution in [2.75, 3.05) is 23.8 Å². The quantitative estimate of drug-likeness (QED) is 0.481. The molecule has 3 aromatic rings. The Morgan fingerprint density at radius 3 is 2.21 bits per heavy atom. The number of sulfonamides is 1. The number of hydrogen-bond acceptors (Lipinski definition) is 6. The normalized spacial score (nSPS) is 10.9. The second-order valence-corrected chi connectivity index (χ2v) is 8.29. The molecule has 3 aromatic carbocycles. The van der Waals surface area contributed by atoms with Gasteiger partial charge in [0.2, 0.25) is 0 Å². The summed E-state index contributed by atoms with van der Waals surface area (Å²) in [7, 11) is -2.59. The summed E-state index contributed by atoms with van der Waals surface area (Å²) in [6.07, 6.45) is 0. The van der Waals surface area contributed by atoms with Gasteiger partial charge in [0.05, 0.1) is 23.3 Å². The van der Waals surface area contributed by atoms with Gasteiger partial charge in [-0.1, -0.05) is 12.1 Å². The third-order valence-corrected chi connectivity index (χ3v) is 5.62. The van der Waals surface area contributed by atoms with Gasteiger partial charge >= 0.3 is 5.97 Å². The van der Waals surface area contributed by atoms with Gasteiger partial charge in [-0.15, -0.1) is 0 Å². The minimum Gasteiger partial charge on any atom is -0.497 e. The fourth-order valence-electron chi connectivity index (χ4n) is 2.74. The number of hydrogen-bond donors (Lipinski definition) is 2. The highest BCUT2D eigenvalue weighted by molar-refractivity contribution is 7.92. The highest BCUT2D eigenvalue weighted by Crippen LogP contribution is 2.22. The van der Waals surface area contributed by atoms with Gasteiger partial charge < -0.3 is 14.8 Å². The fraction of sp³-hybridized carbons (Fsp3) is 0.0909. The van der Waals surface area contributed by atoms with E-state index >= 15 is 0 Å². The van der Waals surface area contributed by atoms with Crippen LogP contribution in [0.25, 0.3) is 0 Å². The monoisotopic (exact) mass is 476 g/mol. The molecular weight excluding hydrogens is 458 g/mol. The van der Waals surface area contributed by atoms with Gasteiger partial charge in [0, 0.05) is 11.8 Å². The van der Waals surface area contributed by atoms with E-state index < -0.39 is 40.1 Å². The molecule has 0 bridgehead atoms. The molecular formula is C22H18F2N2O6S. The minimum absolute atomic E-state index is 0.0619. The molecule has 1 amide bonds. The third kappa shape index (κ3) is 6.26. The van der Waals surface area contributed by atoms with Crippen LogP contribution < -0.4 is 14.8 Å².